The molecule has 0 unspecified atom stereocenters. The molecule has 0 radical (unpaired) electrons. The summed E-state index contributed by atoms with van der Waals surface area (Å²) in [6.45, 7) is 6.51. The van der Waals surface area contributed by atoms with E-state index in [9.17, 15) is 14.4 Å². The molecule has 0 aromatic heterocycles. The summed E-state index contributed by atoms with van der Waals surface area (Å²) in [6, 6.07) is 0. The number of carbonyl (C=O) groups is 3. The smallest absolute Gasteiger partial charge is 0.306 e. The van der Waals surface area contributed by atoms with Gasteiger partial charge in [0.25, 0.3) is 0 Å². The topological polar surface area (TPSA) is 78.9 Å². The van der Waals surface area contributed by atoms with E-state index in [4.69, 9.17) is 14.2 Å². The van der Waals surface area contributed by atoms with Crippen LogP contribution in [0.1, 0.15) is 226 Å². The minimum atomic E-state index is -0.779. The largest absolute Gasteiger partial charge is 0.462 e. The standard InChI is InChI=1S/C49H86O6/c1-4-7-10-13-16-18-20-22-24-26-28-30-33-35-38-41-47(50)53-44-46(55-49(52)43-40-37-32-15-12-9-6-3)45-54-48(51)42-39-36-34-31-29-27-25-23-21-19-17-14-11-8-5-2/h16-19,22-25,46H,4-15,20-21,26-45H2,1-3H3/b18-16-,19-17-,24-22-,25-23-/i49+1. The predicted molar refractivity (Wildman–Crippen MR) is 233 cm³/mol. The van der Waals surface area contributed by atoms with Gasteiger partial charge in [-0.1, -0.05) is 172 Å². The quantitative estimate of drug-likeness (QED) is 0.0202. The second-order valence-electron chi connectivity index (χ2n) is 15.3. The van der Waals surface area contributed by atoms with Crippen LogP contribution < -0.4 is 0 Å². The Morgan fingerprint density at radius 2 is 0.655 bits per heavy atom. The maximum atomic E-state index is 12.6. The van der Waals surface area contributed by atoms with Crippen molar-refractivity contribution in [2.75, 3.05) is 13.2 Å². The molecule has 0 atom stereocenters. The molecule has 0 aliphatic heterocycles. The van der Waals surface area contributed by atoms with Crippen LogP contribution in [-0.4, -0.2) is 37.2 Å². The zero-order valence-electron chi connectivity index (χ0n) is 36.2. The molecule has 6 nitrogen and oxygen atoms in total. The number of unbranched alkanes of at least 4 members (excludes halogenated alkanes) is 22. The molecular formula is C49H86O6. The van der Waals surface area contributed by atoms with E-state index in [2.05, 4.69) is 69.4 Å². The Kier molecular flexibility index (Phi) is 42.0. The lowest BCUT2D eigenvalue weighted by Crippen LogP contribution is -2.30. The highest BCUT2D eigenvalue weighted by atomic mass is 16.7. The first-order valence-corrected chi connectivity index (χ1v) is 23.1. The fourth-order valence-electron chi connectivity index (χ4n) is 6.27. The minimum absolute atomic E-state index is 0.0845. The number of allylic oxidation sites excluding steroid dienone is 8. The minimum Gasteiger partial charge on any atom is -0.462 e. The van der Waals surface area contributed by atoms with Gasteiger partial charge in [-0.25, -0.2) is 0 Å². The van der Waals surface area contributed by atoms with E-state index in [1.807, 2.05) is 0 Å². The Balaban J connectivity index is 4.31. The van der Waals surface area contributed by atoms with Gasteiger partial charge in [0.1, 0.15) is 13.2 Å². The van der Waals surface area contributed by atoms with Crippen molar-refractivity contribution in [3.63, 3.8) is 0 Å². The number of rotatable bonds is 41. The third kappa shape index (κ3) is 42.4. The Hall–Kier alpha value is -2.63. The molecule has 0 aliphatic carbocycles. The van der Waals surface area contributed by atoms with Gasteiger partial charge >= 0.3 is 17.9 Å². The molecule has 0 saturated heterocycles. The summed E-state index contributed by atoms with van der Waals surface area (Å²) in [4.78, 5) is 37.6. The van der Waals surface area contributed by atoms with Crippen LogP contribution in [0.25, 0.3) is 0 Å². The first kappa shape index (κ1) is 52.4. The summed E-state index contributed by atoms with van der Waals surface area (Å²) in [5.41, 5.74) is 0. The molecule has 55 heavy (non-hydrogen) atoms. The summed E-state index contributed by atoms with van der Waals surface area (Å²) in [5, 5.41) is 0. The van der Waals surface area contributed by atoms with Gasteiger partial charge in [-0.15, -0.1) is 0 Å². The van der Waals surface area contributed by atoms with Crippen LogP contribution in [0.4, 0.5) is 0 Å². The Labute approximate surface area is 339 Å². The van der Waals surface area contributed by atoms with Crippen LogP contribution in [0.3, 0.4) is 0 Å². The number of carbonyl (C=O) groups excluding carboxylic acids is 3. The van der Waals surface area contributed by atoms with E-state index >= 15 is 0 Å². The van der Waals surface area contributed by atoms with Crippen molar-refractivity contribution < 1.29 is 28.6 Å². The van der Waals surface area contributed by atoms with Crippen molar-refractivity contribution in [2.24, 2.45) is 0 Å². The summed E-state index contributed by atoms with van der Waals surface area (Å²) in [6.07, 6.45) is 51.0. The van der Waals surface area contributed by atoms with Crippen molar-refractivity contribution in [2.45, 2.75) is 232 Å². The zero-order chi connectivity index (χ0) is 40.1. The third-order valence-corrected chi connectivity index (χ3v) is 9.81. The van der Waals surface area contributed by atoms with E-state index < -0.39 is 6.10 Å². The Morgan fingerprint density at radius 3 is 1.04 bits per heavy atom. The van der Waals surface area contributed by atoms with Crippen molar-refractivity contribution >= 4 is 17.9 Å². The average molecular weight is 772 g/mol. The predicted octanol–water partition coefficient (Wildman–Crippen LogP) is 14.8. The fourth-order valence-corrected chi connectivity index (χ4v) is 6.27. The lowest BCUT2D eigenvalue weighted by atomic mass is 10.1. The molecule has 0 heterocycles. The summed E-state index contributed by atoms with van der Waals surface area (Å²) in [5.74, 6) is -0.918. The first-order chi connectivity index (χ1) is 27.0. The lowest BCUT2D eigenvalue weighted by molar-refractivity contribution is -0.167. The highest BCUT2D eigenvalue weighted by Crippen LogP contribution is 2.13. The summed E-state index contributed by atoms with van der Waals surface area (Å²) in [7, 11) is 0. The van der Waals surface area contributed by atoms with Gasteiger partial charge in [0.2, 0.25) is 0 Å². The SMILES string of the molecule is CCCCC/C=C\C/C=C\CCCCCCCC(=O)OCC(COC(=O)CCCCCCC/C=C\C/C=C\CCCCC)O[13C](=O)CCCCCCCCC. The van der Waals surface area contributed by atoms with Gasteiger partial charge in [0, 0.05) is 19.3 Å². The van der Waals surface area contributed by atoms with Crippen molar-refractivity contribution in [1.82, 2.24) is 0 Å². The molecule has 0 rings (SSSR count). The van der Waals surface area contributed by atoms with E-state index in [0.717, 1.165) is 96.3 Å². The molecule has 0 N–H and O–H groups in total. The van der Waals surface area contributed by atoms with Gasteiger partial charge in [-0.3, -0.25) is 14.4 Å². The molecule has 0 aromatic carbocycles. The maximum absolute atomic E-state index is 12.6. The Bertz CT molecular complexity index is 918. The van der Waals surface area contributed by atoms with Gasteiger partial charge in [-0.2, -0.15) is 0 Å². The van der Waals surface area contributed by atoms with Crippen molar-refractivity contribution in [3.05, 3.63) is 48.6 Å². The maximum Gasteiger partial charge on any atom is 0.306 e. The second kappa shape index (κ2) is 44.1. The molecule has 0 amide bonds. The fraction of sp³-hybridized carbons (Fsp3) is 0.776. The number of hydrogen-bond donors (Lipinski definition) is 0. The van der Waals surface area contributed by atoms with Crippen LogP contribution in [0, 0.1) is 0 Å². The van der Waals surface area contributed by atoms with E-state index in [-0.39, 0.29) is 31.1 Å². The van der Waals surface area contributed by atoms with Crippen LogP contribution in [0.15, 0.2) is 48.6 Å². The zero-order valence-corrected chi connectivity index (χ0v) is 36.2. The molecular weight excluding hydrogens is 686 g/mol. The van der Waals surface area contributed by atoms with Crippen molar-refractivity contribution in [3.8, 4) is 0 Å². The molecule has 0 spiro atoms. The molecule has 318 valence electrons. The van der Waals surface area contributed by atoms with Gasteiger partial charge in [0.05, 0.1) is 0 Å². The van der Waals surface area contributed by atoms with Crippen LogP contribution in [-0.2, 0) is 28.6 Å². The van der Waals surface area contributed by atoms with Crippen molar-refractivity contribution in [1.29, 1.82) is 0 Å². The molecule has 0 aliphatic rings. The normalized spacial score (nSPS) is 11.9. The van der Waals surface area contributed by atoms with E-state index in [0.29, 0.717) is 19.3 Å². The van der Waals surface area contributed by atoms with Gasteiger partial charge in [0.15, 0.2) is 6.10 Å². The number of esters is 3. The summed E-state index contributed by atoms with van der Waals surface area (Å²) >= 11 is 0. The van der Waals surface area contributed by atoms with Crippen LogP contribution >= 0.6 is 0 Å². The average Bonchev–Trinajstić information content (AvgIpc) is 3.18. The van der Waals surface area contributed by atoms with E-state index in [1.165, 1.54) is 89.9 Å². The molecule has 0 fully saturated rings. The summed E-state index contributed by atoms with van der Waals surface area (Å²) < 4.78 is 16.6. The van der Waals surface area contributed by atoms with Crippen LogP contribution in [0.5, 0.6) is 0 Å². The Morgan fingerprint density at radius 1 is 0.364 bits per heavy atom. The molecule has 0 bridgehead atoms. The monoisotopic (exact) mass is 772 g/mol. The van der Waals surface area contributed by atoms with E-state index in [1.54, 1.807) is 0 Å². The van der Waals surface area contributed by atoms with Gasteiger partial charge < -0.3 is 14.2 Å². The molecule has 6 heteroatoms. The first-order valence-electron chi connectivity index (χ1n) is 23.1. The number of ether oxygens (including phenoxy) is 3. The highest BCUT2D eigenvalue weighted by molar-refractivity contribution is 5.71. The molecule has 0 saturated carbocycles. The third-order valence-electron chi connectivity index (χ3n) is 9.81. The molecule has 0 aromatic rings. The number of hydrogen-bond acceptors (Lipinski definition) is 6. The second-order valence-corrected chi connectivity index (χ2v) is 15.3. The van der Waals surface area contributed by atoms with Crippen LogP contribution in [0.2, 0.25) is 0 Å². The highest BCUT2D eigenvalue weighted by Gasteiger charge is 2.19. The lowest BCUT2D eigenvalue weighted by Gasteiger charge is -2.18. The van der Waals surface area contributed by atoms with Gasteiger partial charge in [-0.05, 0) is 83.5 Å².